The Hall–Kier alpha value is -3.19. The number of benzene rings is 2. The van der Waals surface area contributed by atoms with Crippen LogP contribution in [0.15, 0.2) is 48.5 Å². The number of nitro benzene ring substituents is 1. The summed E-state index contributed by atoms with van der Waals surface area (Å²) in [4.78, 5) is 23.2. The molecule has 0 aromatic heterocycles. The third-order valence-corrected chi connectivity index (χ3v) is 4.47. The summed E-state index contributed by atoms with van der Waals surface area (Å²) in [7, 11) is 0. The molecule has 1 aliphatic rings. The van der Waals surface area contributed by atoms with Gasteiger partial charge >= 0.3 is 0 Å². The van der Waals surface area contributed by atoms with Crippen molar-refractivity contribution >= 4 is 17.7 Å². The molecule has 1 N–H and O–H groups in total. The van der Waals surface area contributed by atoms with Gasteiger partial charge in [0.2, 0.25) is 5.91 Å². The summed E-state index contributed by atoms with van der Waals surface area (Å²) < 4.78 is 10.7. The topological polar surface area (TPSA) is 90.7 Å². The van der Waals surface area contributed by atoms with Gasteiger partial charge in [-0.15, -0.1) is 0 Å². The summed E-state index contributed by atoms with van der Waals surface area (Å²) in [5.41, 5.74) is 2.01. The third-order valence-electron chi connectivity index (χ3n) is 4.47. The van der Waals surface area contributed by atoms with Crippen molar-refractivity contribution in [2.24, 2.45) is 5.92 Å². The predicted molar refractivity (Wildman–Crippen MR) is 105 cm³/mol. The molecule has 1 amide bonds. The van der Waals surface area contributed by atoms with E-state index in [1.165, 1.54) is 24.3 Å². The van der Waals surface area contributed by atoms with E-state index < -0.39 is 4.92 Å². The molecule has 1 unspecified atom stereocenters. The molecule has 3 rings (SSSR count). The van der Waals surface area contributed by atoms with Crippen LogP contribution in [-0.4, -0.2) is 17.6 Å². The van der Waals surface area contributed by atoms with Crippen LogP contribution < -0.4 is 10.1 Å². The Kier molecular flexibility index (Phi) is 6.06. The molecular formula is C21H22N2O5. The number of carbonyl (C=O) groups is 1. The minimum Gasteiger partial charge on any atom is -0.467 e. The largest absolute Gasteiger partial charge is 0.467 e. The van der Waals surface area contributed by atoms with Crippen molar-refractivity contribution in [1.82, 2.24) is 5.32 Å². The van der Waals surface area contributed by atoms with Crippen LogP contribution in [0, 0.1) is 16.0 Å². The van der Waals surface area contributed by atoms with Gasteiger partial charge in [-0.3, -0.25) is 14.9 Å². The van der Waals surface area contributed by atoms with Crippen molar-refractivity contribution in [3.05, 3.63) is 75.3 Å². The molecular weight excluding hydrogens is 360 g/mol. The lowest BCUT2D eigenvalue weighted by Crippen LogP contribution is -2.30. The zero-order valence-electron chi connectivity index (χ0n) is 15.8. The molecule has 0 radical (unpaired) electrons. The fourth-order valence-corrected chi connectivity index (χ4v) is 3.12. The third kappa shape index (κ3) is 4.55. The van der Waals surface area contributed by atoms with Gasteiger partial charge in [0.1, 0.15) is 5.75 Å². The smallest absolute Gasteiger partial charge is 0.270 e. The second-order valence-corrected chi connectivity index (χ2v) is 6.87. The van der Waals surface area contributed by atoms with Crippen LogP contribution in [-0.2, 0) is 16.1 Å². The highest BCUT2D eigenvalue weighted by atomic mass is 16.7. The number of hydrogen-bond donors (Lipinski definition) is 1. The molecule has 0 saturated carbocycles. The highest BCUT2D eigenvalue weighted by molar-refractivity contribution is 5.92. The first-order chi connectivity index (χ1) is 13.5. The Morgan fingerprint density at radius 1 is 1.25 bits per heavy atom. The van der Waals surface area contributed by atoms with Gasteiger partial charge in [0.05, 0.1) is 17.6 Å². The number of amides is 1. The molecule has 146 valence electrons. The maximum absolute atomic E-state index is 12.5. The maximum Gasteiger partial charge on any atom is 0.270 e. The van der Waals surface area contributed by atoms with Crippen LogP contribution in [0.25, 0.3) is 6.08 Å². The first kappa shape index (κ1) is 19.6. The average Bonchev–Trinajstić information content (AvgIpc) is 2.70. The molecule has 1 heterocycles. The highest BCUT2D eigenvalue weighted by Crippen LogP contribution is 2.33. The van der Waals surface area contributed by atoms with Crippen molar-refractivity contribution in [1.29, 1.82) is 0 Å². The Morgan fingerprint density at radius 3 is 2.68 bits per heavy atom. The molecule has 0 saturated heterocycles. The molecule has 1 aliphatic heterocycles. The number of nitrogens with zero attached hydrogens (tertiary/aromatic N) is 1. The molecule has 7 heteroatoms. The number of fused-ring (bicyclic) bond motifs is 1. The van der Waals surface area contributed by atoms with E-state index in [1.807, 2.05) is 44.2 Å². The van der Waals surface area contributed by atoms with Crippen LogP contribution in [0.5, 0.6) is 5.75 Å². The number of nitrogens with one attached hydrogen (secondary N) is 1. The van der Waals surface area contributed by atoms with Crippen molar-refractivity contribution in [2.75, 3.05) is 6.79 Å². The lowest BCUT2D eigenvalue weighted by atomic mass is 9.96. The van der Waals surface area contributed by atoms with E-state index in [9.17, 15) is 14.9 Å². The Bertz CT molecular complexity index is 893. The zero-order valence-corrected chi connectivity index (χ0v) is 15.8. The van der Waals surface area contributed by atoms with Crippen LogP contribution in [0.2, 0.25) is 0 Å². The summed E-state index contributed by atoms with van der Waals surface area (Å²) in [6, 6.07) is 12.4. The van der Waals surface area contributed by atoms with Crippen LogP contribution >= 0.6 is 0 Å². The molecule has 28 heavy (non-hydrogen) atoms. The second-order valence-electron chi connectivity index (χ2n) is 6.87. The molecule has 0 spiro atoms. The number of hydrogen-bond acceptors (Lipinski definition) is 5. The van der Waals surface area contributed by atoms with E-state index in [0.29, 0.717) is 16.9 Å². The average molecular weight is 382 g/mol. The summed E-state index contributed by atoms with van der Waals surface area (Å²) in [5, 5.41) is 14.2. The molecule has 0 fully saturated rings. The van der Waals surface area contributed by atoms with Gasteiger partial charge in [-0.1, -0.05) is 44.2 Å². The van der Waals surface area contributed by atoms with Crippen molar-refractivity contribution in [3.63, 3.8) is 0 Å². The molecule has 2 aromatic rings. The highest BCUT2D eigenvalue weighted by Gasteiger charge is 2.20. The van der Waals surface area contributed by atoms with E-state index in [4.69, 9.17) is 9.47 Å². The number of rotatable bonds is 6. The van der Waals surface area contributed by atoms with E-state index in [1.54, 1.807) is 0 Å². The first-order valence-electron chi connectivity index (χ1n) is 9.01. The molecule has 7 nitrogen and oxygen atoms in total. The first-order valence-corrected chi connectivity index (χ1v) is 9.01. The molecule has 0 aliphatic carbocycles. The number of nitro groups is 1. The van der Waals surface area contributed by atoms with E-state index in [0.717, 1.165) is 5.56 Å². The summed E-state index contributed by atoms with van der Waals surface area (Å²) in [6.45, 7) is 4.37. The van der Waals surface area contributed by atoms with Gasteiger partial charge in [0.15, 0.2) is 6.79 Å². The maximum atomic E-state index is 12.5. The number of ether oxygens (including phenoxy) is 2. The van der Waals surface area contributed by atoms with Crippen LogP contribution in [0.3, 0.4) is 0 Å². The van der Waals surface area contributed by atoms with Crippen molar-refractivity contribution in [2.45, 2.75) is 26.5 Å². The monoisotopic (exact) mass is 382 g/mol. The lowest BCUT2D eigenvalue weighted by Gasteiger charge is -2.22. The fourth-order valence-electron chi connectivity index (χ4n) is 3.12. The summed E-state index contributed by atoms with van der Waals surface area (Å²) in [6.07, 6.45) is 2.91. The standard InChI is InChI=1S/C21H22N2O5/c1-14(2)20(15-6-4-3-5-7-15)22-19(24)9-8-16-10-18(23(25)26)11-17-12-27-13-28-21(16)17/h3-11,14,20H,12-13H2,1-2H3,(H,22,24)/b9-8+. The van der Waals surface area contributed by atoms with Gasteiger partial charge in [0.25, 0.3) is 5.69 Å². The minimum atomic E-state index is -0.476. The summed E-state index contributed by atoms with van der Waals surface area (Å²) >= 11 is 0. The van der Waals surface area contributed by atoms with Crippen molar-refractivity contribution in [3.8, 4) is 5.75 Å². The normalized spacial score (nSPS) is 14.4. The SMILES string of the molecule is CC(C)C(NC(=O)/C=C/c1cc([N+](=O)[O-])cc2c1OCOC2)c1ccccc1. The van der Waals surface area contributed by atoms with E-state index >= 15 is 0 Å². The lowest BCUT2D eigenvalue weighted by molar-refractivity contribution is -0.385. The van der Waals surface area contributed by atoms with Gasteiger partial charge in [0, 0.05) is 29.3 Å². The van der Waals surface area contributed by atoms with Gasteiger partial charge in [-0.25, -0.2) is 0 Å². The number of carbonyl (C=O) groups excluding carboxylic acids is 1. The van der Waals surface area contributed by atoms with E-state index in [2.05, 4.69) is 5.32 Å². The Balaban J connectivity index is 1.82. The quantitative estimate of drug-likeness (QED) is 0.463. The molecule has 0 bridgehead atoms. The fraction of sp³-hybridized carbons (Fsp3) is 0.286. The van der Waals surface area contributed by atoms with Crippen LogP contribution in [0.4, 0.5) is 5.69 Å². The molecule has 1 atom stereocenters. The predicted octanol–water partition coefficient (Wildman–Crippen LogP) is 3.99. The Labute approximate surface area is 163 Å². The van der Waals surface area contributed by atoms with Crippen LogP contribution in [0.1, 0.15) is 36.6 Å². The molecule has 2 aromatic carbocycles. The van der Waals surface area contributed by atoms with Gasteiger partial charge < -0.3 is 14.8 Å². The van der Waals surface area contributed by atoms with Gasteiger partial charge in [-0.05, 0) is 17.6 Å². The Morgan fingerprint density at radius 2 is 2.00 bits per heavy atom. The number of non-ortho nitro benzene ring substituents is 1. The zero-order chi connectivity index (χ0) is 20.1. The van der Waals surface area contributed by atoms with Crippen molar-refractivity contribution < 1.29 is 19.2 Å². The second kappa shape index (κ2) is 8.67. The minimum absolute atomic E-state index is 0.0707. The summed E-state index contributed by atoms with van der Waals surface area (Å²) in [5.74, 6) is 0.421. The van der Waals surface area contributed by atoms with E-state index in [-0.39, 0.29) is 37.0 Å². The van der Waals surface area contributed by atoms with Gasteiger partial charge in [-0.2, -0.15) is 0 Å².